The first kappa shape index (κ1) is 9.86. The molecular formula is C9H8N2O3. The molecule has 0 saturated carbocycles. The number of nitrogens with zero attached hydrogens (tertiary/aromatic N) is 1. The number of carboxylic acid groups (broad SMARTS) is 1. The number of benzene rings is 1. The summed E-state index contributed by atoms with van der Waals surface area (Å²) in [5.41, 5.74) is 5.46. The number of nitriles is 1. The summed E-state index contributed by atoms with van der Waals surface area (Å²) in [6, 6.07) is 6.23. The Morgan fingerprint density at radius 2 is 2.36 bits per heavy atom. The second-order valence-corrected chi connectivity index (χ2v) is 2.47. The van der Waals surface area contributed by atoms with Crippen LogP contribution in [0, 0.1) is 11.3 Å². The Balaban J connectivity index is 3.09. The van der Waals surface area contributed by atoms with Gasteiger partial charge in [0.25, 0.3) is 0 Å². The molecule has 72 valence electrons. The molecule has 5 nitrogen and oxygen atoms in total. The van der Waals surface area contributed by atoms with Crippen molar-refractivity contribution in [2.45, 2.75) is 0 Å². The van der Waals surface area contributed by atoms with Crippen LogP contribution in [0.3, 0.4) is 0 Å². The normalized spacial score (nSPS) is 9.07. The van der Waals surface area contributed by atoms with Crippen molar-refractivity contribution in [3.63, 3.8) is 0 Å². The van der Waals surface area contributed by atoms with E-state index in [-0.39, 0.29) is 23.6 Å². The number of ether oxygens (including phenoxy) is 1. The van der Waals surface area contributed by atoms with Gasteiger partial charge in [-0.3, -0.25) is 0 Å². The molecule has 0 heterocycles. The molecule has 0 bridgehead atoms. The Morgan fingerprint density at radius 1 is 1.64 bits per heavy atom. The highest BCUT2D eigenvalue weighted by Gasteiger charge is 2.14. The lowest BCUT2D eigenvalue weighted by Gasteiger charge is -2.07. The highest BCUT2D eigenvalue weighted by molar-refractivity contribution is 5.96. The molecule has 0 spiro atoms. The number of anilines is 1. The van der Waals surface area contributed by atoms with Crippen LogP contribution >= 0.6 is 0 Å². The predicted octanol–water partition coefficient (Wildman–Crippen LogP) is 0.869. The van der Waals surface area contributed by atoms with Crippen molar-refractivity contribution in [3.8, 4) is 11.8 Å². The van der Waals surface area contributed by atoms with Crippen LogP contribution in [0.25, 0.3) is 0 Å². The van der Waals surface area contributed by atoms with Gasteiger partial charge in [-0.15, -0.1) is 0 Å². The van der Waals surface area contributed by atoms with Gasteiger partial charge in [0.05, 0.1) is 0 Å². The maximum Gasteiger partial charge on any atom is 0.341 e. The zero-order chi connectivity index (χ0) is 10.6. The van der Waals surface area contributed by atoms with E-state index in [1.807, 2.05) is 0 Å². The molecule has 0 saturated heterocycles. The van der Waals surface area contributed by atoms with Gasteiger partial charge >= 0.3 is 5.97 Å². The molecule has 1 rings (SSSR count). The van der Waals surface area contributed by atoms with Gasteiger partial charge in [-0.05, 0) is 12.1 Å². The summed E-state index contributed by atoms with van der Waals surface area (Å²) in [5.74, 6) is -1.06. The van der Waals surface area contributed by atoms with E-state index in [4.69, 9.17) is 20.8 Å². The fourth-order valence-corrected chi connectivity index (χ4v) is 1.01. The van der Waals surface area contributed by atoms with Gasteiger partial charge in [-0.1, -0.05) is 6.07 Å². The Hall–Kier alpha value is -2.22. The second-order valence-electron chi connectivity index (χ2n) is 2.47. The first-order chi connectivity index (χ1) is 6.66. The van der Waals surface area contributed by atoms with E-state index in [1.54, 1.807) is 12.1 Å². The summed E-state index contributed by atoms with van der Waals surface area (Å²) in [7, 11) is 0. The zero-order valence-corrected chi connectivity index (χ0v) is 7.23. The fraction of sp³-hybridized carbons (Fsp3) is 0.111. The molecule has 0 unspecified atom stereocenters. The van der Waals surface area contributed by atoms with Crippen LogP contribution in [0.4, 0.5) is 5.69 Å². The van der Waals surface area contributed by atoms with Gasteiger partial charge in [0.2, 0.25) is 0 Å². The smallest absolute Gasteiger partial charge is 0.341 e. The Kier molecular flexibility index (Phi) is 2.92. The lowest BCUT2D eigenvalue weighted by Crippen LogP contribution is -2.06. The maximum absolute atomic E-state index is 10.8. The molecule has 0 radical (unpaired) electrons. The summed E-state index contributed by atoms with van der Waals surface area (Å²) in [5, 5.41) is 17.1. The van der Waals surface area contributed by atoms with Gasteiger partial charge < -0.3 is 15.6 Å². The molecular weight excluding hydrogens is 184 g/mol. The summed E-state index contributed by atoms with van der Waals surface area (Å²) in [6.45, 7) is -0.205. The quantitative estimate of drug-likeness (QED) is 0.692. The fourth-order valence-electron chi connectivity index (χ4n) is 1.01. The number of nitrogen functional groups attached to an aromatic ring is 1. The molecule has 1 aromatic carbocycles. The number of hydrogen-bond acceptors (Lipinski definition) is 4. The van der Waals surface area contributed by atoms with Crippen molar-refractivity contribution >= 4 is 11.7 Å². The molecule has 1 aromatic rings. The van der Waals surface area contributed by atoms with Crippen molar-refractivity contribution in [1.82, 2.24) is 0 Å². The zero-order valence-electron chi connectivity index (χ0n) is 7.23. The minimum atomic E-state index is -1.17. The van der Waals surface area contributed by atoms with E-state index in [0.717, 1.165) is 0 Å². The van der Waals surface area contributed by atoms with Crippen LogP contribution in [0.5, 0.6) is 5.75 Å². The third-order valence-corrected chi connectivity index (χ3v) is 1.56. The van der Waals surface area contributed by atoms with Gasteiger partial charge in [0.1, 0.15) is 17.4 Å². The molecule has 14 heavy (non-hydrogen) atoms. The standard InChI is InChI=1S/C9H8N2O3/c10-4-5-14-7-3-1-2-6(11)8(7)9(12)13/h1-3H,5,11H2,(H,12,13). The number of rotatable bonds is 3. The molecule has 0 atom stereocenters. The minimum Gasteiger partial charge on any atom is -0.478 e. The van der Waals surface area contributed by atoms with Crippen molar-refractivity contribution in [3.05, 3.63) is 23.8 Å². The van der Waals surface area contributed by atoms with E-state index in [1.165, 1.54) is 12.1 Å². The largest absolute Gasteiger partial charge is 0.478 e. The van der Waals surface area contributed by atoms with E-state index in [0.29, 0.717) is 0 Å². The van der Waals surface area contributed by atoms with Crippen LogP contribution in [-0.2, 0) is 0 Å². The molecule has 3 N–H and O–H groups in total. The monoisotopic (exact) mass is 192 g/mol. The van der Waals surface area contributed by atoms with Crippen LogP contribution in [0.1, 0.15) is 10.4 Å². The van der Waals surface area contributed by atoms with E-state index >= 15 is 0 Å². The lowest BCUT2D eigenvalue weighted by atomic mass is 10.1. The van der Waals surface area contributed by atoms with Crippen LogP contribution in [-0.4, -0.2) is 17.7 Å². The number of nitrogens with two attached hydrogens (primary N) is 1. The number of carbonyl (C=O) groups is 1. The van der Waals surface area contributed by atoms with E-state index in [9.17, 15) is 4.79 Å². The van der Waals surface area contributed by atoms with Gasteiger partial charge in [0, 0.05) is 5.69 Å². The Bertz CT molecular complexity index is 396. The van der Waals surface area contributed by atoms with Gasteiger partial charge in [-0.25, -0.2) is 4.79 Å². The van der Waals surface area contributed by atoms with Gasteiger partial charge in [0.15, 0.2) is 6.61 Å². The third-order valence-electron chi connectivity index (χ3n) is 1.56. The highest BCUT2D eigenvalue weighted by atomic mass is 16.5. The first-order valence-electron chi connectivity index (χ1n) is 3.78. The number of carboxylic acids is 1. The van der Waals surface area contributed by atoms with Gasteiger partial charge in [-0.2, -0.15) is 5.26 Å². The van der Waals surface area contributed by atoms with Crippen molar-refractivity contribution in [1.29, 1.82) is 5.26 Å². The summed E-state index contributed by atoms with van der Waals surface area (Å²) in [4.78, 5) is 10.8. The number of aromatic carboxylic acids is 1. The average Bonchev–Trinajstić information content (AvgIpc) is 2.14. The molecule has 5 heteroatoms. The molecule has 0 aromatic heterocycles. The molecule has 0 aliphatic rings. The maximum atomic E-state index is 10.8. The van der Waals surface area contributed by atoms with E-state index in [2.05, 4.69) is 0 Å². The molecule has 0 fully saturated rings. The summed E-state index contributed by atoms with van der Waals surface area (Å²) >= 11 is 0. The third kappa shape index (κ3) is 1.93. The second kappa shape index (κ2) is 4.14. The predicted molar refractivity (Wildman–Crippen MR) is 48.9 cm³/mol. The molecule has 0 aliphatic carbocycles. The van der Waals surface area contributed by atoms with Crippen molar-refractivity contribution in [2.75, 3.05) is 12.3 Å². The summed E-state index contributed by atoms with van der Waals surface area (Å²) in [6.07, 6.45) is 0. The van der Waals surface area contributed by atoms with Crippen LogP contribution < -0.4 is 10.5 Å². The highest BCUT2D eigenvalue weighted by Crippen LogP contribution is 2.23. The first-order valence-corrected chi connectivity index (χ1v) is 3.78. The van der Waals surface area contributed by atoms with Crippen LogP contribution in [0.2, 0.25) is 0 Å². The van der Waals surface area contributed by atoms with Crippen molar-refractivity contribution < 1.29 is 14.6 Å². The Morgan fingerprint density at radius 3 is 2.93 bits per heavy atom. The van der Waals surface area contributed by atoms with Crippen molar-refractivity contribution in [2.24, 2.45) is 0 Å². The minimum absolute atomic E-state index is 0.109. The number of hydrogen-bond donors (Lipinski definition) is 2. The van der Waals surface area contributed by atoms with Crippen LogP contribution in [0.15, 0.2) is 18.2 Å². The lowest BCUT2D eigenvalue weighted by molar-refractivity contribution is 0.0694. The summed E-state index contributed by atoms with van der Waals surface area (Å²) < 4.78 is 4.91. The molecule has 0 aliphatic heterocycles. The SMILES string of the molecule is N#CCOc1cccc(N)c1C(=O)O. The topological polar surface area (TPSA) is 96.3 Å². The average molecular weight is 192 g/mol. The molecule has 0 amide bonds. The van der Waals surface area contributed by atoms with E-state index < -0.39 is 5.97 Å². The Labute approximate surface area is 80.3 Å².